The van der Waals surface area contributed by atoms with Crippen molar-refractivity contribution in [3.63, 3.8) is 0 Å². The van der Waals surface area contributed by atoms with E-state index in [0.717, 1.165) is 17.7 Å². The first-order valence-corrected chi connectivity index (χ1v) is 9.60. The predicted molar refractivity (Wildman–Crippen MR) is 110 cm³/mol. The largest absolute Gasteiger partial charge is 0.482 e. The lowest BCUT2D eigenvalue weighted by atomic mass is 10.1. The highest BCUT2D eigenvalue weighted by atomic mass is 35.5. The van der Waals surface area contributed by atoms with Crippen molar-refractivity contribution in [2.75, 3.05) is 5.73 Å². The van der Waals surface area contributed by atoms with Crippen molar-refractivity contribution in [3.8, 4) is 16.9 Å². The number of halogens is 3. The molecule has 3 aromatic rings. The number of nitrogen functional groups attached to an aromatic ring is 1. The summed E-state index contributed by atoms with van der Waals surface area (Å²) in [5.74, 6) is 0.499. The van der Waals surface area contributed by atoms with Gasteiger partial charge in [0.25, 0.3) is 0 Å². The van der Waals surface area contributed by atoms with E-state index in [1.165, 1.54) is 12.1 Å². The summed E-state index contributed by atoms with van der Waals surface area (Å²) in [6.45, 7) is 6.79. The van der Waals surface area contributed by atoms with Crippen molar-refractivity contribution >= 4 is 29.0 Å². The average molecular weight is 423 g/mol. The number of benzene rings is 1. The van der Waals surface area contributed by atoms with Gasteiger partial charge in [-0.2, -0.15) is 5.10 Å². The van der Waals surface area contributed by atoms with E-state index in [1.54, 1.807) is 25.4 Å². The topological polar surface area (TPSA) is 66.0 Å². The van der Waals surface area contributed by atoms with Gasteiger partial charge in [0, 0.05) is 40.7 Å². The van der Waals surface area contributed by atoms with E-state index in [4.69, 9.17) is 33.7 Å². The van der Waals surface area contributed by atoms with Crippen LogP contribution in [-0.4, -0.2) is 14.8 Å². The molecular formula is C20H21Cl2FN4O. The van der Waals surface area contributed by atoms with Gasteiger partial charge in [-0.05, 0) is 31.0 Å². The number of hydrogen-bond acceptors (Lipinski definition) is 4. The molecule has 0 amide bonds. The van der Waals surface area contributed by atoms with Crippen LogP contribution in [0.25, 0.3) is 11.1 Å². The van der Waals surface area contributed by atoms with Gasteiger partial charge in [-0.15, -0.1) is 0 Å². The Labute approximate surface area is 173 Å². The molecule has 0 saturated heterocycles. The monoisotopic (exact) mass is 422 g/mol. The quantitative estimate of drug-likeness (QED) is 0.512. The Morgan fingerprint density at radius 1 is 1.18 bits per heavy atom. The number of hydrogen-bond donors (Lipinski definition) is 1. The third-order valence-corrected chi connectivity index (χ3v) is 4.90. The molecular weight excluding hydrogens is 402 g/mol. The maximum absolute atomic E-state index is 13.8. The Morgan fingerprint density at radius 2 is 1.93 bits per heavy atom. The first-order valence-electron chi connectivity index (χ1n) is 8.84. The van der Waals surface area contributed by atoms with Crippen molar-refractivity contribution in [1.29, 1.82) is 0 Å². The molecule has 0 radical (unpaired) electrons. The highest BCUT2D eigenvalue weighted by Crippen LogP contribution is 2.36. The third-order valence-electron chi connectivity index (χ3n) is 4.19. The number of aromatic nitrogens is 3. The van der Waals surface area contributed by atoms with Gasteiger partial charge < -0.3 is 10.5 Å². The fourth-order valence-corrected chi connectivity index (χ4v) is 3.54. The van der Waals surface area contributed by atoms with Crippen LogP contribution in [0.3, 0.4) is 0 Å². The minimum Gasteiger partial charge on any atom is -0.482 e. The van der Waals surface area contributed by atoms with E-state index < -0.39 is 11.9 Å². The molecule has 1 unspecified atom stereocenters. The first kappa shape index (κ1) is 20.4. The molecule has 0 bridgehead atoms. The molecule has 0 aliphatic rings. The molecule has 2 N–H and O–H groups in total. The molecule has 0 aliphatic carbocycles. The van der Waals surface area contributed by atoms with Crippen LogP contribution in [0, 0.1) is 11.7 Å². The molecule has 28 heavy (non-hydrogen) atoms. The number of ether oxygens (including phenoxy) is 1. The number of pyridine rings is 1. The number of anilines is 1. The van der Waals surface area contributed by atoms with Crippen LogP contribution >= 0.6 is 23.2 Å². The Morgan fingerprint density at radius 3 is 2.64 bits per heavy atom. The zero-order chi connectivity index (χ0) is 20.4. The minimum atomic E-state index is -0.626. The second kappa shape index (κ2) is 8.37. The van der Waals surface area contributed by atoms with Crippen LogP contribution in [0.1, 0.15) is 32.4 Å². The molecule has 0 fully saturated rings. The summed E-state index contributed by atoms with van der Waals surface area (Å²) in [5.41, 5.74) is 8.04. The Bertz CT molecular complexity index is 990. The second-order valence-electron chi connectivity index (χ2n) is 6.97. The summed E-state index contributed by atoms with van der Waals surface area (Å²) >= 11 is 12.3. The first-order chi connectivity index (χ1) is 13.3. The Kier molecular flexibility index (Phi) is 6.10. The molecule has 5 nitrogen and oxygen atoms in total. The molecule has 0 spiro atoms. The van der Waals surface area contributed by atoms with Crippen molar-refractivity contribution in [3.05, 3.63) is 58.2 Å². The van der Waals surface area contributed by atoms with E-state index in [2.05, 4.69) is 23.9 Å². The van der Waals surface area contributed by atoms with E-state index in [-0.39, 0.29) is 10.8 Å². The fourth-order valence-electron chi connectivity index (χ4n) is 2.86. The molecule has 1 atom stereocenters. The maximum Gasteiger partial charge on any atom is 0.166 e. The molecule has 8 heteroatoms. The summed E-state index contributed by atoms with van der Waals surface area (Å²) in [6.07, 6.45) is 4.74. The fraction of sp³-hybridized carbons (Fsp3) is 0.300. The summed E-state index contributed by atoms with van der Waals surface area (Å²) < 4.78 is 21.6. The normalized spacial score (nSPS) is 12.4. The van der Waals surface area contributed by atoms with E-state index in [9.17, 15) is 4.39 Å². The molecule has 2 aromatic heterocycles. The summed E-state index contributed by atoms with van der Waals surface area (Å²) in [5, 5.41) is 4.61. The van der Waals surface area contributed by atoms with Gasteiger partial charge in [0.15, 0.2) is 11.6 Å². The predicted octanol–water partition coefficient (Wildman–Crippen LogP) is 5.77. The van der Waals surface area contributed by atoms with Crippen molar-refractivity contribution in [2.45, 2.75) is 33.4 Å². The van der Waals surface area contributed by atoms with Crippen LogP contribution in [0.2, 0.25) is 10.0 Å². The summed E-state index contributed by atoms with van der Waals surface area (Å²) in [4.78, 5) is 4.21. The lowest BCUT2D eigenvalue weighted by molar-refractivity contribution is 0.227. The Balaban J connectivity index is 1.88. The number of nitrogens with zero attached hydrogens (tertiary/aromatic N) is 3. The van der Waals surface area contributed by atoms with Gasteiger partial charge >= 0.3 is 0 Å². The maximum atomic E-state index is 13.8. The molecule has 1 aromatic carbocycles. The van der Waals surface area contributed by atoms with Gasteiger partial charge in [0.05, 0.1) is 11.2 Å². The summed E-state index contributed by atoms with van der Waals surface area (Å²) in [6, 6.07) is 4.43. The van der Waals surface area contributed by atoms with Crippen LogP contribution in [0.5, 0.6) is 5.75 Å². The van der Waals surface area contributed by atoms with E-state index in [1.807, 2.05) is 10.9 Å². The van der Waals surface area contributed by atoms with E-state index >= 15 is 0 Å². The lowest BCUT2D eigenvalue weighted by Gasteiger charge is -2.19. The molecule has 0 saturated carbocycles. The van der Waals surface area contributed by atoms with E-state index in [0.29, 0.717) is 22.3 Å². The Hall–Kier alpha value is -2.31. The van der Waals surface area contributed by atoms with Crippen LogP contribution < -0.4 is 10.5 Å². The van der Waals surface area contributed by atoms with Gasteiger partial charge in [-0.1, -0.05) is 37.0 Å². The summed E-state index contributed by atoms with van der Waals surface area (Å²) in [7, 11) is 0. The van der Waals surface area contributed by atoms with Crippen molar-refractivity contribution in [2.24, 2.45) is 5.92 Å². The molecule has 148 valence electrons. The third kappa shape index (κ3) is 4.39. The van der Waals surface area contributed by atoms with Crippen LogP contribution in [-0.2, 0) is 6.54 Å². The van der Waals surface area contributed by atoms with Crippen molar-refractivity contribution in [1.82, 2.24) is 14.8 Å². The number of nitrogens with two attached hydrogens (primary N) is 1. The zero-order valence-corrected chi connectivity index (χ0v) is 17.3. The second-order valence-corrected chi connectivity index (χ2v) is 7.75. The van der Waals surface area contributed by atoms with Crippen molar-refractivity contribution < 1.29 is 9.13 Å². The van der Waals surface area contributed by atoms with Gasteiger partial charge in [0.1, 0.15) is 11.9 Å². The zero-order valence-electron chi connectivity index (χ0n) is 15.8. The minimum absolute atomic E-state index is 0.0716. The van der Waals surface area contributed by atoms with Gasteiger partial charge in [0.2, 0.25) is 0 Å². The molecule has 2 heterocycles. The highest BCUT2D eigenvalue weighted by molar-refractivity contribution is 6.36. The van der Waals surface area contributed by atoms with Gasteiger partial charge in [-0.25, -0.2) is 9.37 Å². The highest BCUT2D eigenvalue weighted by Gasteiger charge is 2.20. The van der Waals surface area contributed by atoms with Crippen LogP contribution in [0.4, 0.5) is 10.2 Å². The average Bonchev–Trinajstić information content (AvgIpc) is 3.08. The van der Waals surface area contributed by atoms with Crippen LogP contribution in [0.15, 0.2) is 36.8 Å². The van der Waals surface area contributed by atoms with Gasteiger partial charge in [-0.3, -0.25) is 4.68 Å². The standard InChI is InChI=1S/C20H21Cl2FN4O/c1-11(2)9-27-10-14(8-26-27)13-6-17(20(24)25-7-13)28-12(3)18-15(21)4-5-16(23)19(18)22/h4-8,10-12H,9H2,1-3H3,(H2,24,25). The lowest BCUT2D eigenvalue weighted by Crippen LogP contribution is -2.08. The molecule has 3 rings (SSSR count). The molecule has 0 aliphatic heterocycles. The SMILES string of the molecule is CC(C)Cn1cc(-c2cnc(N)c(OC(C)c3c(Cl)ccc(F)c3Cl)c2)cn1. The smallest absolute Gasteiger partial charge is 0.166 e. The number of rotatable bonds is 6.